The molecule has 1 atom stereocenters. The lowest BCUT2D eigenvalue weighted by Gasteiger charge is -2.11. The molecule has 0 aliphatic rings. The molecule has 0 aliphatic heterocycles. The Morgan fingerprint density at radius 1 is 1.26 bits per heavy atom. The van der Waals surface area contributed by atoms with E-state index in [-0.39, 0.29) is 6.04 Å². The second-order valence-electron chi connectivity index (χ2n) is 4.23. The van der Waals surface area contributed by atoms with E-state index in [2.05, 4.69) is 4.98 Å². The van der Waals surface area contributed by atoms with Gasteiger partial charge in [-0.1, -0.05) is 29.3 Å². The zero-order valence-corrected chi connectivity index (χ0v) is 11.9. The van der Waals surface area contributed by atoms with Crippen LogP contribution in [0.15, 0.2) is 36.7 Å². The van der Waals surface area contributed by atoms with Crippen molar-refractivity contribution >= 4 is 23.2 Å². The number of hydrogen-bond donors (Lipinski definition) is 1. The summed E-state index contributed by atoms with van der Waals surface area (Å²) in [6.07, 6.45) is 3.26. The highest BCUT2D eigenvalue weighted by molar-refractivity contribution is 6.32. The number of hydrogen-bond acceptors (Lipinski definition) is 3. The molecule has 1 aromatic carbocycles. The van der Waals surface area contributed by atoms with Gasteiger partial charge in [0.15, 0.2) is 0 Å². The summed E-state index contributed by atoms with van der Waals surface area (Å²) in [6.45, 7) is 2.25. The predicted octanol–water partition coefficient (Wildman–Crippen LogP) is 3.99. The first kappa shape index (κ1) is 14.1. The lowest BCUT2D eigenvalue weighted by Crippen LogP contribution is -2.05. The summed E-state index contributed by atoms with van der Waals surface area (Å²) >= 11 is 12.2. The summed E-state index contributed by atoms with van der Waals surface area (Å²) < 4.78 is 5.65. The third-order valence-electron chi connectivity index (χ3n) is 2.72. The van der Waals surface area contributed by atoms with Crippen LogP contribution in [0.4, 0.5) is 0 Å². The van der Waals surface area contributed by atoms with E-state index in [9.17, 15) is 0 Å². The Morgan fingerprint density at radius 2 is 2.05 bits per heavy atom. The van der Waals surface area contributed by atoms with Gasteiger partial charge >= 0.3 is 0 Å². The van der Waals surface area contributed by atoms with Crippen LogP contribution in [0.25, 0.3) is 0 Å². The summed E-state index contributed by atoms with van der Waals surface area (Å²) in [5.41, 5.74) is 7.63. The molecule has 0 fully saturated rings. The maximum absolute atomic E-state index is 6.15. The Balaban J connectivity index is 2.10. The van der Waals surface area contributed by atoms with Gasteiger partial charge in [-0.15, -0.1) is 0 Å². The molecular weight excluding hydrogens is 283 g/mol. The zero-order chi connectivity index (χ0) is 13.8. The van der Waals surface area contributed by atoms with Gasteiger partial charge in [0.1, 0.15) is 12.4 Å². The van der Waals surface area contributed by atoms with Gasteiger partial charge in [-0.2, -0.15) is 0 Å². The van der Waals surface area contributed by atoms with Gasteiger partial charge in [0, 0.05) is 24.0 Å². The van der Waals surface area contributed by atoms with Crippen molar-refractivity contribution in [1.82, 2.24) is 4.98 Å². The van der Waals surface area contributed by atoms with Crippen LogP contribution < -0.4 is 10.5 Å². The van der Waals surface area contributed by atoms with Crippen molar-refractivity contribution in [3.63, 3.8) is 0 Å². The van der Waals surface area contributed by atoms with Crippen LogP contribution >= 0.6 is 23.2 Å². The van der Waals surface area contributed by atoms with Gasteiger partial charge in [-0.25, -0.2) is 0 Å². The average molecular weight is 297 g/mol. The van der Waals surface area contributed by atoms with Crippen LogP contribution in [0.1, 0.15) is 24.1 Å². The molecule has 0 bridgehead atoms. The number of ether oxygens (including phenoxy) is 1. The van der Waals surface area contributed by atoms with Gasteiger partial charge in [-0.3, -0.25) is 4.98 Å². The van der Waals surface area contributed by atoms with Gasteiger partial charge in [-0.05, 0) is 30.7 Å². The molecule has 0 amide bonds. The van der Waals surface area contributed by atoms with Crippen molar-refractivity contribution in [1.29, 1.82) is 0 Å². The topological polar surface area (TPSA) is 48.1 Å². The van der Waals surface area contributed by atoms with Crippen LogP contribution in [0.2, 0.25) is 10.0 Å². The Hall–Kier alpha value is -1.29. The van der Waals surface area contributed by atoms with Crippen molar-refractivity contribution in [3.05, 3.63) is 57.8 Å². The van der Waals surface area contributed by atoms with Crippen molar-refractivity contribution in [2.75, 3.05) is 0 Å². The first-order chi connectivity index (χ1) is 9.08. The molecule has 100 valence electrons. The summed E-state index contributed by atoms with van der Waals surface area (Å²) in [4.78, 5) is 3.92. The van der Waals surface area contributed by atoms with Crippen LogP contribution in [0.5, 0.6) is 5.75 Å². The molecule has 2 aromatic rings. The van der Waals surface area contributed by atoms with Crippen molar-refractivity contribution in [3.8, 4) is 5.75 Å². The van der Waals surface area contributed by atoms with Gasteiger partial charge in [0.25, 0.3) is 0 Å². The molecular formula is C14H14Cl2N2O. The third kappa shape index (κ3) is 3.60. The maximum atomic E-state index is 6.15. The number of nitrogens with two attached hydrogens (primary N) is 1. The monoisotopic (exact) mass is 296 g/mol. The van der Waals surface area contributed by atoms with Crippen LogP contribution in [0.3, 0.4) is 0 Å². The molecule has 0 unspecified atom stereocenters. The van der Waals surface area contributed by atoms with Crippen LogP contribution in [0, 0.1) is 0 Å². The van der Waals surface area contributed by atoms with E-state index in [4.69, 9.17) is 33.7 Å². The number of halogens is 2. The van der Waals surface area contributed by atoms with E-state index in [1.54, 1.807) is 12.4 Å². The molecule has 0 radical (unpaired) electrons. The molecule has 5 heteroatoms. The Bertz CT molecular complexity index is 573. The van der Waals surface area contributed by atoms with Gasteiger partial charge in [0.05, 0.1) is 10.0 Å². The fraction of sp³-hybridized carbons (Fsp3) is 0.214. The lowest BCUT2D eigenvalue weighted by atomic mass is 10.1. The largest absolute Gasteiger partial charge is 0.487 e. The van der Waals surface area contributed by atoms with E-state index in [0.29, 0.717) is 22.4 Å². The lowest BCUT2D eigenvalue weighted by molar-refractivity contribution is 0.306. The molecule has 2 N–H and O–H groups in total. The smallest absolute Gasteiger partial charge is 0.138 e. The zero-order valence-electron chi connectivity index (χ0n) is 10.4. The standard InChI is InChI=1S/C14H14Cl2N2O/c1-9(17)10-2-3-14(12(15)6-10)19-8-11-4-5-18-7-13(11)16/h2-7,9H,8,17H2,1H3/t9-/m0/s1. The number of nitrogens with zero attached hydrogens (tertiary/aromatic N) is 1. The van der Waals surface area contributed by atoms with E-state index >= 15 is 0 Å². The van der Waals surface area contributed by atoms with Crippen molar-refractivity contribution < 1.29 is 4.74 Å². The quantitative estimate of drug-likeness (QED) is 0.928. The minimum absolute atomic E-state index is 0.0545. The number of pyridine rings is 1. The Kier molecular flexibility index (Phi) is 4.64. The maximum Gasteiger partial charge on any atom is 0.138 e. The SMILES string of the molecule is C[C@H](N)c1ccc(OCc2ccncc2Cl)c(Cl)c1. The molecule has 0 saturated carbocycles. The second-order valence-corrected chi connectivity index (χ2v) is 5.05. The van der Waals surface area contributed by atoms with Gasteiger partial charge < -0.3 is 10.5 Å². The summed E-state index contributed by atoms with van der Waals surface area (Å²) in [5, 5.41) is 1.12. The first-order valence-corrected chi connectivity index (χ1v) is 6.59. The van der Waals surface area contributed by atoms with Crippen molar-refractivity contribution in [2.45, 2.75) is 19.6 Å². The second kappa shape index (κ2) is 6.24. The van der Waals surface area contributed by atoms with E-state index in [0.717, 1.165) is 11.1 Å². The van der Waals surface area contributed by atoms with Gasteiger partial charge in [0.2, 0.25) is 0 Å². The Morgan fingerprint density at radius 3 is 2.68 bits per heavy atom. The van der Waals surface area contributed by atoms with E-state index in [1.807, 2.05) is 31.2 Å². The summed E-state index contributed by atoms with van der Waals surface area (Å²) in [5.74, 6) is 0.610. The minimum Gasteiger partial charge on any atom is -0.487 e. The highest BCUT2D eigenvalue weighted by Crippen LogP contribution is 2.28. The number of aromatic nitrogens is 1. The Labute approximate surface area is 122 Å². The average Bonchev–Trinajstić information content (AvgIpc) is 2.39. The first-order valence-electron chi connectivity index (χ1n) is 5.84. The summed E-state index contributed by atoms with van der Waals surface area (Å²) in [6, 6.07) is 7.29. The molecule has 19 heavy (non-hydrogen) atoms. The fourth-order valence-corrected chi connectivity index (χ4v) is 2.01. The molecule has 2 rings (SSSR count). The fourth-order valence-electron chi connectivity index (χ4n) is 1.59. The number of rotatable bonds is 4. The molecule has 0 spiro atoms. The summed E-state index contributed by atoms with van der Waals surface area (Å²) in [7, 11) is 0. The van der Waals surface area contributed by atoms with Crippen LogP contribution in [-0.4, -0.2) is 4.98 Å². The molecule has 1 heterocycles. The van der Waals surface area contributed by atoms with E-state index in [1.165, 1.54) is 0 Å². The molecule has 1 aromatic heterocycles. The van der Waals surface area contributed by atoms with Crippen molar-refractivity contribution in [2.24, 2.45) is 5.73 Å². The number of benzene rings is 1. The normalized spacial score (nSPS) is 12.2. The minimum atomic E-state index is -0.0545. The highest BCUT2D eigenvalue weighted by atomic mass is 35.5. The predicted molar refractivity (Wildman–Crippen MR) is 77.6 cm³/mol. The third-order valence-corrected chi connectivity index (χ3v) is 3.36. The molecule has 3 nitrogen and oxygen atoms in total. The van der Waals surface area contributed by atoms with E-state index < -0.39 is 0 Å². The van der Waals surface area contributed by atoms with Crippen LogP contribution in [-0.2, 0) is 6.61 Å². The molecule has 0 aliphatic carbocycles. The molecule has 0 saturated heterocycles. The highest BCUT2D eigenvalue weighted by Gasteiger charge is 2.07.